The molecule has 0 unspecified atom stereocenters. The Hall–Kier alpha value is -4.16. The molecule has 1 aromatic carbocycles. The third kappa shape index (κ3) is 6.13. The molecule has 12 nitrogen and oxygen atoms in total. The average Bonchev–Trinajstić information content (AvgIpc) is 3.53. The van der Waals surface area contributed by atoms with Crippen molar-refractivity contribution in [2.45, 2.75) is 38.6 Å². The highest BCUT2D eigenvalue weighted by Gasteiger charge is 2.29. The third-order valence-corrected chi connectivity index (χ3v) is 6.55. The third-order valence-electron chi connectivity index (χ3n) is 6.55. The van der Waals surface area contributed by atoms with Crippen LogP contribution in [0.2, 0.25) is 0 Å². The van der Waals surface area contributed by atoms with Gasteiger partial charge in [-0.15, -0.1) is 10.2 Å². The molecule has 0 fully saturated rings. The van der Waals surface area contributed by atoms with Gasteiger partial charge in [0.1, 0.15) is 0 Å². The molecule has 204 valence electrons. The van der Waals surface area contributed by atoms with E-state index < -0.39 is 5.91 Å². The van der Waals surface area contributed by atoms with Gasteiger partial charge in [0.2, 0.25) is 11.8 Å². The van der Waals surface area contributed by atoms with Crippen molar-refractivity contribution in [2.75, 3.05) is 31.6 Å². The molecule has 3 aromatic heterocycles. The van der Waals surface area contributed by atoms with Gasteiger partial charge in [0.05, 0.1) is 30.2 Å². The summed E-state index contributed by atoms with van der Waals surface area (Å²) in [5.74, 6) is 0.392. The van der Waals surface area contributed by atoms with Gasteiger partial charge >= 0.3 is 11.8 Å². The number of amides is 1. The highest BCUT2D eigenvalue weighted by molar-refractivity contribution is 5.89. The monoisotopic (exact) mass is 531 g/mol. The first-order chi connectivity index (χ1) is 18.7. The molecule has 0 bridgehead atoms. The van der Waals surface area contributed by atoms with E-state index in [0.29, 0.717) is 24.9 Å². The number of benzene rings is 1. The Balaban J connectivity index is 1.41. The van der Waals surface area contributed by atoms with Gasteiger partial charge in [0.25, 0.3) is 0 Å². The number of anilines is 2. The van der Waals surface area contributed by atoms with Crippen molar-refractivity contribution in [2.24, 2.45) is 7.05 Å². The molecule has 0 spiro atoms. The summed E-state index contributed by atoms with van der Waals surface area (Å²) >= 11 is 0. The van der Waals surface area contributed by atoms with Gasteiger partial charge in [-0.2, -0.15) is 5.10 Å². The molecule has 0 saturated carbocycles. The fourth-order valence-corrected chi connectivity index (χ4v) is 4.55. The van der Waals surface area contributed by atoms with Gasteiger partial charge in [0, 0.05) is 50.1 Å². The van der Waals surface area contributed by atoms with E-state index in [0.717, 1.165) is 41.0 Å². The van der Waals surface area contributed by atoms with Crippen LogP contribution in [0.15, 0.2) is 47.3 Å². The van der Waals surface area contributed by atoms with Crippen molar-refractivity contribution in [1.82, 2.24) is 40.2 Å². The number of fused-ring (bicyclic) bond motifs is 1. The molecule has 4 heterocycles. The molecule has 3 N–H and O–H groups in total. The molecular formula is C27H33N9O3. The number of carbonyl (C=O) groups excluding carboxylic acids is 1. The van der Waals surface area contributed by atoms with Crippen molar-refractivity contribution < 1.29 is 14.3 Å². The number of nitrogens with one attached hydrogen (secondary N) is 2. The number of aliphatic hydroxyl groups is 1. The van der Waals surface area contributed by atoms with Gasteiger partial charge < -0.3 is 20.2 Å². The first-order valence-corrected chi connectivity index (χ1v) is 12.9. The lowest BCUT2D eigenvalue weighted by atomic mass is 9.96. The molecule has 0 saturated heterocycles. The molecule has 0 aliphatic carbocycles. The summed E-state index contributed by atoms with van der Waals surface area (Å²) in [6.07, 6.45) is 6.04. The fraction of sp³-hybridized carbons (Fsp3) is 0.407. The number of aromatic nitrogens is 6. The Labute approximate surface area is 226 Å². The molecular weight excluding hydrogens is 498 g/mol. The molecule has 1 amide bonds. The predicted molar refractivity (Wildman–Crippen MR) is 144 cm³/mol. The van der Waals surface area contributed by atoms with E-state index in [1.54, 1.807) is 17.1 Å². The molecule has 1 atom stereocenters. The number of β-amino-alcohol motifs (C(OH)–C–C–N with tert-alkyl or cyclic N) is 1. The maximum atomic E-state index is 13.1. The van der Waals surface area contributed by atoms with Crippen LogP contribution in [0.3, 0.4) is 0 Å². The Kier molecular flexibility index (Phi) is 7.40. The summed E-state index contributed by atoms with van der Waals surface area (Å²) in [6, 6.07) is 7.68. The van der Waals surface area contributed by atoms with E-state index in [1.165, 1.54) is 0 Å². The molecule has 4 aromatic rings. The minimum atomic E-state index is -0.425. The molecule has 5 rings (SSSR count). The van der Waals surface area contributed by atoms with Crippen molar-refractivity contribution in [3.05, 3.63) is 65.8 Å². The van der Waals surface area contributed by atoms with Gasteiger partial charge in [-0.25, -0.2) is 9.97 Å². The van der Waals surface area contributed by atoms with Crippen molar-refractivity contribution >= 4 is 17.5 Å². The molecule has 1 aliphatic heterocycles. The second kappa shape index (κ2) is 10.9. The first-order valence-electron chi connectivity index (χ1n) is 12.9. The topological polar surface area (TPSA) is 147 Å². The standard InChI is InChI=1S/C27H33N9O3/c1-27(2,3)25-34-33-24(39-25)23(38)31-22-16-36(11-12-37)10-8-17-13-18(5-6-20(17)22)21-7-9-28-26(32-21)30-19-14-29-35(4)15-19/h5-7,9,13-15,22,37H,8,10-12,16H2,1-4H3,(H,31,38)(H,28,30,32)/t22-/m1/s1. The zero-order valence-electron chi connectivity index (χ0n) is 22.5. The van der Waals surface area contributed by atoms with Crippen LogP contribution < -0.4 is 10.6 Å². The number of hydrogen-bond donors (Lipinski definition) is 3. The van der Waals surface area contributed by atoms with Gasteiger partial charge in [0.15, 0.2) is 0 Å². The maximum Gasteiger partial charge on any atom is 0.309 e. The number of nitrogens with zero attached hydrogens (tertiary/aromatic N) is 7. The Morgan fingerprint density at radius 1 is 1.23 bits per heavy atom. The van der Waals surface area contributed by atoms with Crippen LogP contribution in [0, 0.1) is 0 Å². The SMILES string of the molecule is Cn1cc(Nc2nccc(-c3ccc4c(c3)CCN(CCO)C[C@H]4NC(=O)c3nnc(C(C)(C)C)o3)n2)cn1. The van der Waals surface area contributed by atoms with E-state index in [9.17, 15) is 9.90 Å². The van der Waals surface area contributed by atoms with Crippen LogP contribution in [-0.2, 0) is 18.9 Å². The summed E-state index contributed by atoms with van der Waals surface area (Å²) in [6.45, 7) is 7.68. The van der Waals surface area contributed by atoms with E-state index in [2.05, 4.69) is 41.9 Å². The number of carbonyl (C=O) groups is 1. The van der Waals surface area contributed by atoms with Crippen LogP contribution in [0.25, 0.3) is 11.3 Å². The lowest BCUT2D eigenvalue weighted by Gasteiger charge is -2.24. The lowest BCUT2D eigenvalue weighted by molar-refractivity contribution is 0.0884. The highest BCUT2D eigenvalue weighted by atomic mass is 16.4. The minimum absolute atomic E-state index is 0.0362. The minimum Gasteiger partial charge on any atom is -0.416 e. The molecule has 1 aliphatic rings. The van der Waals surface area contributed by atoms with Gasteiger partial charge in [-0.1, -0.05) is 32.9 Å². The normalized spacial score (nSPS) is 16.0. The quantitative estimate of drug-likeness (QED) is 0.325. The summed E-state index contributed by atoms with van der Waals surface area (Å²) in [5.41, 5.74) is 4.26. The zero-order chi connectivity index (χ0) is 27.6. The highest BCUT2D eigenvalue weighted by Crippen LogP contribution is 2.29. The largest absolute Gasteiger partial charge is 0.416 e. The van der Waals surface area contributed by atoms with Crippen molar-refractivity contribution in [1.29, 1.82) is 0 Å². The zero-order valence-corrected chi connectivity index (χ0v) is 22.5. The van der Waals surface area contributed by atoms with Crippen molar-refractivity contribution in [3.63, 3.8) is 0 Å². The molecule has 12 heteroatoms. The van der Waals surface area contributed by atoms with E-state index in [-0.39, 0.29) is 24.0 Å². The lowest BCUT2D eigenvalue weighted by Crippen LogP contribution is -2.38. The van der Waals surface area contributed by atoms with Crippen LogP contribution in [0.4, 0.5) is 11.6 Å². The average molecular weight is 532 g/mol. The summed E-state index contributed by atoms with van der Waals surface area (Å²) in [5, 5.41) is 28.0. The van der Waals surface area contributed by atoms with Crippen LogP contribution in [-0.4, -0.2) is 72.1 Å². The number of aryl methyl sites for hydroxylation is 1. The smallest absolute Gasteiger partial charge is 0.309 e. The molecule has 39 heavy (non-hydrogen) atoms. The van der Waals surface area contributed by atoms with E-state index in [4.69, 9.17) is 9.40 Å². The van der Waals surface area contributed by atoms with Crippen LogP contribution >= 0.6 is 0 Å². The number of aliphatic hydroxyl groups excluding tert-OH is 1. The molecule has 0 radical (unpaired) electrons. The second-order valence-corrected chi connectivity index (χ2v) is 10.7. The van der Waals surface area contributed by atoms with Gasteiger partial charge in [-0.3, -0.25) is 14.4 Å². The van der Waals surface area contributed by atoms with Crippen LogP contribution in [0.1, 0.15) is 54.5 Å². The fourth-order valence-electron chi connectivity index (χ4n) is 4.55. The van der Waals surface area contributed by atoms with E-state index >= 15 is 0 Å². The van der Waals surface area contributed by atoms with E-state index in [1.807, 2.05) is 52.2 Å². The maximum absolute atomic E-state index is 13.1. The summed E-state index contributed by atoms with van der Waals surface area (Å²) < 4.78 is 7.37. The summed E-state index contributed by atoms with van der Waals surface area (Å²) in [7, 11) is 1.85. The first kappa shape index (κ1) is 26.4. The Bertz CT molecular complexity index is 1460. The van der Waals surface area contributed by atoms with Crippen LogP contribution in [0.5, 0.6) is 0 Å². The van der Waals surface area contributed by atoms with Crippen molar-refractivity contribution in [3.8, 4) is 11.3 Å². The summed E-state index contributed by atoms with van der Waals surface area (Å²) in [4.78, 5) is 24.3. The van der Waals surface area contributed by atoms with Gasteiger partial charge in [-0.05, 0) is 29.7 Å². The predicted octanol–water partition coefficient (Wildman–Crippen LogP) is 2.62. The number of hydrogen-bond acceptors (Lipinski definition) is 10. The Morgan fingerprint density at radius 3 is 2.79 bits per heavy atom. The second-order valence-electron chi connectivity index (χ2n) is 10.7. The Morgan fingerprint density at radius 2 is 2.08 bits per heavy atom. The number of rotatable bonds is 7.